The van der Waals surface area contributed by atoms with E-state index < -0.39 is 0 Å². The number of rotatable bonds is 3. The Hall–Kier alpha value is -2.99. The van der Waals surface area contributed by atoms with Crippen LogP contribution in [0.2, 0.25) is 0 Å². The molecule has 0 saturated heterocycles. The first kappa shape index (κ1) is 17.1. The van der Waals surface area contributed by atoms with Crippen molar-refractivity contribution in [3.05, 3.63) is 64.5 Å². The SMILES string of the molecule is C[C@H](NC(=O)c1cc2c(s1)-c1ccccc1OC2)c1ccc2c(c1)OCCO2. The molecule has 0 spiro atoms. The molecule has 6 heteroatoms. The number of thiophene rings is 1. The molecule has 1 atom stereocenters. The summed E-state index contributed by atoms with van der Waals surface area (Å²) in [5, 5.41) is 3.09. The summed E-state index contributed by atoms with van der Waals surface area (Å²) < 4.78 is 17.0. The number of hydrogen-bond donors (Lipinski definition) is 1. The van der Waals surface area contributed by atoms with E-state index in [4.69, 9.17) is 14.2 Å². The molecule has 5 rings (SSSR count). The lowest BCUT2D eigenvalue weighted by Gasteiger charge is -2.21. The molecular weight excluding hydrogens is 374 g/mol. The molecular formula is C22H19NO4S. The monoisotopic (exact) mass is 393 g/mol. The second-order valence-electron chi connectivity index (χ2n) is 6.85. The third kappa shape index (κ3) is 2.99. The molecule has 0 aliphatic carbocycles. The molecule has 5 nitrogen and oxygen atoms in total. The predicted molar refractivity (Wildman–Crippen MR) is 107 cm³/mol. The Kier molecular flexibility index (Phi) is 4.20. The van der Waals surface area contributed by atoms with Crippen molar-refractivity contribution in [1.29, 1.82) is 0 Å². The smallest absolute Gasteiger partial charge is 0.261 e. The van der Waals surface area contributed by atoms with Crippen molar-refractivity contribution in [2.24, 2.45) is 0 Å². The third-order valence-corrected chi connectivity index (χ3v) is 6.17. The molecule has 142 valence electrons. The number of benzene rings is 2. The predicted octanol–water partition coefficient (Wildman–Crippen LogP) is 4.57. The Morgan fingerprint density at radius 2 is 1.82 bits per heavy atom. The first-order chi connectivity index (χ1) is 13.7. The van der Waals surface area contributed by atoms with Gasteiger partial charge >= 0.3 is 0 Å². The average Bonchev–Trinajstić information content (AvgIpc) is 3.18. The second kappa shape index (κ2) is 6.87. The normalized spacial score (nSPS) is 15.0. The van der Waals surface area contributed by atoms with Gasteiger partial charge in [-0.15, -0.1) is 11.3 Å². The van der Waals surface area contributed by atoms with Crippen LogP contribution in [0.1, 0.15) is 33.8 Å². The van der Waals surface area contributed by atoms with Crippen LogP contribution in [0.3, 0.4) is 0 Å². The van der Waals surface area contributed by atoms with Crippen molar-refractivity contribution >= 4 is 17.2 Å². The molecule has 2 aliphatic heterocycles. The fourth-order valence-electron chi connectivity index (χ4n) is 3.49. The first-order valence-corrected chi connectivity index (χ1v) is 10.1. The number of ether oxygens (including phenoxy) is 3. The molecule has 0 fully saturated rings. The molecule has 0 radical (unpaired) electrons. The second-order valence-corrected chi connectivity index (χ2v) is 7.90. The number of carbonyl (C=O) groups is 1. The van der Waals surface area contributed by atoms with Crippen LogP contribution in [-0.2, 0) is 6.61 Å². The van der Waals surface area contributed by atoms with Crippen molar-refractivity contribution in [3.8, 4) is 27.7 Å². The van der Waals surface area contributed by atoms with Gasteiger partial charge in [-0.05, 0) is 42.8 Å². The molecule has 3 aromatic rings. The standard InChI is InChI=1S/C22H19NO4S/c1-13(14-6-7-18-19(10-14)26-9-8-25-18)23-22(24)20-11-15-12-27-17-5-3-2-4-16(17)21(15)28-20/h2-7,10-11,13H,8-9,12H2,1H3,(H,23,24)/t13-/m0/s1. The van der Waals surface area contributed by atoms with Gasteiger partial charge in [0.2, 0.25) is 0 Å². The van der Waals surface area contributed by atoms with Gasteiger partial charge in [0.25, 0.3) is 5.91 Å². The summed E-state index contributed by atoms with van der Waals surface area (Å²) in [7, 11) is 0. The maximum Gasteiger partial charge on any atom is 0.261 e. The van der Waals surface area contributed by atoms with E-state index in [1.54, 1.807) is 0 Å². The quantitative estimate of drug-likeness (QED) is 0.708. The van der Waals surface area contributed by atoms with Gasteiger partial charge in [-0.2, -0.15) is 0 Å². The van der Waals surface area contributed by atoms with Gasteiger partial charge in [-0.1, -0.05) is 18.2 Å². The van der Waals surface area contributed by atoms with E-state index in [-0.39, 0.29) is 11.9 Å². The van der Waals surface area contributed by atoms with E-state index in [2.05, 4.69) is 5.32 Å². The lowest BCUT2D eigenvalue weighted by atomic mass is 10.1. The Morgan fingerprint density at radius 1 is 1.00 bits per heavy atom. The van der Waals surface area contributed by atoms with Gasteiger partial charge in [0.05, 0.1) is 10.9 Å². The fraction of sp³-hybridized carbons (Fsp3) is 0.227. The minimum Gasteiger partial charge on any atom is -0.488 e. The van der Waals surface area contributed by atoms with Gasteiger partial charge in [0.1, 0.15) is 25.6 Å². The minimum atomic E-state index is -0.147. The first-order valence-electron chi connectivity index (χ1n) is 9.24. The summed E-state index contributed by atoms with van der Waals surface area (Å²) in [6, 6.07) is 15.5. The third-order valence-electron chi connectivity index (χ3n) is 4.96. The topological polar surface area (TPSA) is 56.8 Å². The van der Waals surface area contributed by atoms with Crippen LogP contribution in [0, 0.1) is 0 Å². The molecule has 1 amide bonds. The van der Waals surface area contributed by atoms with E-state index in [0.29, 0.717) is 24.7 Å². The van der Waals surface area contributed by atoms with Crippen molar-refractivity contribution in [3.63, 3.8) is 0 Å². The van der Waals surface area contributed by atoms with Crippen LogP contribution < -0.4 is 19.5 Å². The molecule has 2 aliphatic rings. The summed E-state index contributed by atoms with van der Waals surface area (Å²) in [6.45, 7) is 3.57. The van der Waals surface area contributed by atoms with Gasteiger partial charge in [0.15, 0.2) is 11.5 Å². The van der Waals surface area contributed by atoms with E-state index in [1.807, 2.05) is 55.5 Å². The van der Waals surface area contributed by atoms with Crippen molar-refractivity contribution in [2.75, 3.05) is 13.2 Å². The molecule has 0 saturated carbocycles. The molecule has 0 bridgehead atoms. The van der Waals surface area contributed by atoms with Crippen molar-refractivity contribution in [1.82, 2.24) is 5.32 Å². The number of fused-ring (bicyclic) bond motifs is 4. The molecule has 1 N–H and O–H groups in total. The van der Waals surface area contributed by atoms with Crippen LogP contribution in [0.5, 0.6) is 17.2 Å². The maximum absolute atomic E-state index is 12.8. The van der Waals surface area contributed by atoms with E-state index in [0.717, 1.165) is 38.8 Å². The molecule has 0 unspecified atom stereocenters. The van der Waals surface area contributed by atoms with E-state index >= 15 is 0 Å². The van der Waals surface area contributed by atoms with Crippen LogP contribution >= 0.6 is 11.3 Å². The molecule has 28 heavy (non-hydrogen) atoms. The number of amides is 1. The van der Waals surface area contributed by atoms with E-state index in [9.17, 15) is 4.79 Å². The number of nitrogens with one attached hydrogen (secondary N) is 1. The largest absolute Gasteiger partial charge is 0.488 e. The number of para-hydroxylation sites is 1. The summed E-state index contributed by atoms with van der Waals surface area (Å²) >= 11 is 1.51. The Bertz CT molecular complexity index is 1060. The zero-order chi connectivity index (χ0) is 19.1. The van der Waals surface area contributed by atoms with Crippen LogP contribution in [-0.4, -0.2) is 19.1 Å². The van der Waals surface area contributed by atoms with Gasteiger partial charge in [0, 0.05) is 16.0 Å². The molecule has 3 heterocycles. The lowest BCUT2D eigenvalue weighted by molar-refractivity contribution is 0.0943. The van der Waals surface area contributed by atoms with Gasteiger partial charge in [-0.3, -0.25) is 4.79 Å². The van der Waals surface area contributed by atoms with Crippen molar-refractivity contribution in [2.45, 2.75) is 19.6 Å². The summed E-state index contributed by atoms with van der Waals surface area (Å²) in [4.78, 5) is 14.6. The van der Waals surface area contributed by atoms with Crippen molar-refractivity contribution < 1.29 is 19.0 Å². The highest BCUT2D eigenvalue weighted by Gasteiger charge is 2.23. The Balaban J connectivity index is 1.36. The Labute approximate surface area is 166 Å². The summed E-state index contributed by atoms with van der Waals surface area (Å²) in [5.74, 6) is 2.26. The summed E-state index contributed by atoms with van der Waals surface area (Å²) in [5.41, 5.74) is 3.08. The summed E-state index contributed by atoms with van der Waals surface area (Å²) in [6.07, 6.45) is 0. The van der Waals surface area contributed by atoms with Crippen LogP contribution in [0.25, 0.3) is 10.4 Å². The lowest BCUT2D eigenvalue weighted by Crippen LogP contribution is -2.26. The minimum absolute atomic E-state index is 0.0840. The number of carbonyl (C=O) groups excluding carboxylic acids is 1. The number of hydrogen-bond acceptors (Lipinski definition) is 5. The van der Waals surface area contributed by atoms with E-state index in [1.165, 1.54) is 11.3 Å². The molecule has 1 aromatic heterocycles. The highest BCUT2D eigenvalue weighted by Crippen LogP contribution is 2.42. The highest BCUT2D eigenvalue weighted by atomic mass is 32.1. The fourth-order valence-corrected chi connectivity index (χ4v) is 4.59. The van der Waals surface area contributed by atoms with Crippen LogP contribution in [0.15, 0.2) is 48.5 Å². The zero-order valence-electron chi connectivity index (χ0n) is 15.4. The van der Waals surface area contributed by atoms with Gasteiger partial charge in [-0.25, -0.2) is 0 Å². The van der Waals surface area contributed by atoms with Gasteiger partial charge < -0.3 is 19.5 Å². The average molecular weight is 393 g/mol. The highest BCUT2D eigenvalue weighted by molar-refractivity contribution is 7.17. The Morgan fingerprint density at radius 3 is 2.71 bits per heavy atom. The van der Waals surface area contributed by atoms with Crippen LogP contribution in [0.4, 0.5) is 0 Å². The molecule has 2 aromatic carbocycles. The maximum atomic E-state index is 12.8. The zero-order valence-corrected chi connectivity index (χ0v) is 16.2.